The minimum Gasteiger partial charge on any atom is -0.477 e. The number of carboxylic acids is 1. The lowest BCUT2D eigenvalue weighted by atomic mass is 10.2. The molecule has 23 heavy (non-hydrogen) atoms. The molecule has 0 fully saturated rings. The van der Waals surface area contributed by atoms with E-state index in [0.717, 1.165) is 5.56 Å². The Labute approximate surface area is 132 Å². The Morgan fingerprint density at radius 2 is 1.78 bits per heavy atom. The van der Waals surface area contributed by atoms with Crippen LogP contribution in [0.3, 0.4) is 0 Å². The first-order chi connectivity index (χ1) is 10.8. The Balaban J connectivity index is 1.94. The molecule has 0 saturated carbocycles. The molecular formula is C16H14N2O4S. The maximum absolute atomic E-state index is 12.3. The van der Waals surface area contributed by atoms with Crippen molar-refractivity contribution in [1.82, 2.24) is 4.98 Å². The van der Waals surface area contributed by atoms with Crippen molar-refractivity contribution in [3.8, 4) is 0 Å². The van der Waals surface area contributed by atoms with Crippen molar-refractivity contribution in [3.63, 3.8) is 0 Å². The molecular weight excluding hydrogens is 316 g/mol. The van der Waals surface area contributed by atoms with E-state index < -0.39 is 16.0 Å². The van der Waals surface area contributed by atoms with Crippen LogP contribution in [0.2, 0.25) is 0 Å². The average molecular weight is 330 g/mol. The average Bonchev–Trinajstić information content (AvgIpc) is 2.90. The number of aromatic carboxylic acids is 1. The lowest BCUT2D eigenvalue weighted by molar-refractivity contribution is 0.0691. The second-order valence-corrected chi connectivity index (χ2v) is 6.89. The van der Waals surface area contributed by atoms with Crippen LogP contribution in [0.15, 0.2) is 53.4 Å². The molecule has 0 saturated heterocycles. The molecule has 6 nitrogen and oxygen atoms in total. The quantitative estimate of drug-likeness (QED) is 0.685. The fourth-order valence-corrected chi connectivity index (χ4v) is 3.29. The van der Waals surface area contributed by atoms with E-state index in [0.29, 0.717) is 16.6 Å². The summed E-state index contributed by atoms with van der Waals surface area (Å²) in [5.41, 5.74) is 2.02. The predicted molar refractivity (Wildman–Crippen MR) is 87.2 cm³/mol. The van der Waals surface area contributed by atoms with Crippen LogP contribution in [0.5, 0.6) is 0 Å². The third kappa shape index (κ3) is 3.04. The molecule has 2 aromatic carbocycles. The first-order valence-electron chi connectivity index (χ1n) is 6.81. The Kier molecular flexibility index (Phi) is 3.57. The number of aromatic amines is 1. The van der Waals surface area contributed by atoms with Crippen LogP contribution in [0.1, 0.15) is 16.1 Å². The lowest BCUT2D eigenvalue weighted by Crippen LogP contribution is -2.12. The number of sulfonamides is 1. The number of carboxylic acid groups (broad SMARTS) is 1. The first kappa shape index (κ1) is 15.1. The van der Waals surface area contributed by atoms with E-state index in [2.05, 4.69) is 9.71 Å². The van der Waals surface area contributed by atoms with Gasteiger partial charge < -0.3 is 10.1 Å². The summed E-state index contributed by atoms with van der Waals surface area (Å²) in [6.07, 6.45) is 0. The van der Waals surface area contributed by atoms with Crippen LogP contribution >= 0.6 is 0 Å². The van der Waals surface area contributed by atoms with Crippen LogP contribution in [0.4, 0.5) is 5.69 Å². The van der Waals surface area contributed by atoms with Gasteiger partial charge in [-0.2, -0.15) is 0 Å². The lowest BCUT2D eigenvalue weighted by Gasteiger charge is -2.08. The number of carbonyl (C=O) groups is 1. The molecule has 0 radical (unpaired) electrons. The van der Waals surface area contributed by atoms with Gasteiger partial charge in [-0.05, 0) is 43.3 Å². The van der Waals surface area contributed by atoms with Crippen molar-refractivity contribution in [2.75, 3.05) is 4.72 Å². The highest BCUT2D eigenvalue weighted by molar-refractivity contribution is 7.92. The fraction of sp³-hybridized carbons (Fsp3) is 0.0625. The second-order valence-electron chi connectivity index (χ2n) is 5.21. The highest BCUT2D eigenvalue weighted by Gasteiger charge is 2.15. The zero-order chi connectivity index (χ0) is 16.6. The number of hydrogen-bond donors (Lipinski definition) is 3. The van der Waals surface area contributed by atoms with Gasteiger partial charge in [0.1, 0.15) is 5.69 Å². The molecule has 1 aromatic heterocycles. The third-order valence-electron chi connectivity index (χ3n) is 3.43. The predicted octanol–water partition coefficient (Wildman–Crippen LogP) is 2.98. The number of rotatable bonds is 4. The van der Waals surface area contributed by atoms with Gasteiger partial charge in [0.25, 0.3) is 10.0 Å². The molecule has 0 unspecified atom stereocenters. The monoisotopic (exact) mass is 330 g/mol. The number of anilines is 1. The third-order valence-corrected chi connectivity index (χ3v) is 4.83. The smallest absolute Gasteiger partial charge is 0.352 e. The van der Waals surface area contributed by atoms with Gasteiger partial charge in [0.15, 0.2) is 0 Å². The summed E-state index contributed by atoms with van der Waals surface area (Å²) in [7, 11) is -3.68. The number of benzene rings is 2. The largest absolute Gasteiger partial charge is 0.477 e. The maximum atomic E-state index is 12.3. The van der Waals surface area contributed by atoms with Crippen molar-refractivity contribution < 1.29 is 18.3 Å². The Bertz CT molecular complexity index is 989. The van der Waals surface area contributed by atoms with Crippen molar-refractivity contribution >= 4 is 32.6 Å². The summed E-state index contributed by atoms with van der Waals surface area (Å²) >= 11 is 0. The zero-order valence-corrected chi connectivity index (χ0v) is 13.0. The number of hydrogen-bond acceptors (Lipinski definition) is 3. The van der Waals surface area contributed by atoms with Gasteiger partial charge in [-0.3, -0.25) is 4.72 Å². The van der Waals surface area contributed by atoms with E-state index in [4.69, 9.17) is 5.11 Å². The van der Waals surface area contributed by atoms with Gasteiger partial charge in [-0.15, -0.1) is 0 Å². The van der Waals surface area contributed by atoms with E-state index in [9.17, 15) is 13.2 Å². The molecule has 0 aliphatic carbocycles. The maximum Gasteiger partial charge on any atom is 0.352 e. The Hall–Kier alpha value is -2.80. The van der Waals surface area contributed by atoms with Gasteiger partial charge in [0, 0.05) is 16.6 Å². The topological polar surface area (TPSA) is 99.3 Å². The molecule has 0 atom stereocenters. The Morgan fingerprint density at radius 1 is 1.09 bits per heavy atom. The summed E-state index contributed by atoms with van der Waals surface area (Å²) in [5.74, 6) is -1.07. The number of nitrogens with one attached hydrogen (secondary N) is 2. The molecule has 7 heteroatoms. The first-order valence-corrected chi connectivity index (χ1v) is 8.29. The minimum absolute atomic E-state index is 0.0542. The van der Waals surface area contributed by atoms with Gasteiger partial charge in [0.05, 0.1) is 4.90 Å². The van der Waals surface area contributed by atoms with Crippen molar-refractivity contribution in [1.29, 1.82) is 0 Å². The molecule has 3 rings (SSSR count). The fourth-order valence-electron chi connectivity index (χ4n) is 2.24. The molecule has 118 valence electrons. The Morgan fingerprint density at radius 3 is 2.43 bits per heavy atom. The number of aryl methyl sites for hydroxylation is 1. The van der Waals surface area contributed by atoms with Gasteiger partial charge in [-0.1, -0.05) is 17.7 Å². The number of aromatic nitrogens is 1. The van der Waals surface area contributed by atoms with E-state index in [-0.39, 0.29) is 10.6 Å². The van der Waals surface area contributed by atoms with Gasteiger partial charge in [0.2, 0.25) is 0 Å². The van der Waals surface area contributed by atoms with E-state index in [1.165, 1.54) is 18.2 Å². The highest BCUT2D eigenvalue weighted by Crippen LogP contribution is 2.22. The minimum atomic E-state index is -3.68. The van der Waals surface area contributed by atoms with Crippen molar-refractivity contribution in [2.45, 2.75) is 11.8 Å². The SMILES string of the molecule is Cc1ccc(S(=O)(=O)Nc2ccc3[nH]c(C(=O)O)cc3c2)cc1. The highest BCUT2D eigenvalue weighted by atomic mass is 32.2. The molecule has 0 spiro atoms. The van der Waals surface area contributed by atoms with Crippen molar-refractivity contribution in [2.24, 2.45) is 0 Å². The van der Waals surface area contributed by atoms with Crippen LogP contribution in [-0.2, 0) is 10.0 Å². The molecule has 1 heterocycles. The molecule has 0 aliphatic rings. The standard InChI is InChI=1S/C16H14N2O4S/c1-10-2-5-13(6-3-10)23(21,22)18-12-4-7-14-11(8-12)9-15(17-14)16(19)20/h2-9,17-18H,1H3,(H,19,20). The summed E-state index contributed by atoms with van der Waals surface area (Å²) in [6, 6.07) is 12.8. The van der Waals surface area contributed by atoms with Gasteiger partial charge >= 0.3 is 5.97 Å². The van der Waals surface area contributed by atoms with E-state index in [1.54, 1.807) is 30.3 Å². The summed E-state index contributed by atoms with van der Waals surface area (Å²) in [6.45, 7) is 1.88. The molecule has 0 aliphatic heterocycles. The van der Waals surface area contributed by atoms with Gasteiger partial charge in [-0.25, -0.2) is 13.2 Å². The van der Waals surface area contributed by atoms with E-state index >= 15 is 0 Å². The van der Waals surface area contributed by atoms with Crippen LogP contribution in [0, 0.1) is 6.92 Å². The molecule has 3 aromatic rings. The number of fused-ring (bicyclic) bond motifs is 1. The van der Waals surface area contributed by atoms with Crippen LogP contribution in [0.25, 0.3) is 10.9 Å². The van der Waals surface area contributed by atoms with E-state index in [1.807, 2.05) is 6.92 Å². The molecule has 0 bridgehead atoms. The molecule has 3 N–H and O–H groups in total. The van der Waals surface area contributed by atoms with Crippen LogP contribution < -0.4 is 4.72 Å². The summed E-state index contributed by atoms with van der Waals surface area (Å²) in [5, 5.41) is 9.59. The second kappa shape index (κ2) is 5.44. The zero-order valence-electron chi connectivity index (χ0n) is 12.2. The van der Waals surface area contributed by atoms with Crippen molar-refractivity contribution in [3.05, 3.63) is 59.8 Å². The summed E-state index contributed by atoms with van der Waals surface area (Å²) < 4.78 is 27.2. The molecule has 0 amide bonds. The normalized spacial score (nSPS) is 11.5. The summed E-state index contributed by atoms with van der Waals surface area (Å²) in [4.78, 5) is 13.9. The number of H-pyrrole nitrogens is 1. The van der Waals surface area contributed by atoms with Crippen LogP contribution in [-0.4, -0.2) is 24.5 Å².